The van der Waals surface area contributed by atoms with Crippen molar-refractivity contribution in [3.8, 4) is 0 Å². The third-order valence-corrected chi connectivity index (χ3v) is 4.28. The van der Waals surface area contributed by atoms with E-state index in [0.717, 1.165) is 0 Å². The molecule has 0 aromatic carbocycles. The highest BCUT2D eigenvalue weighted by molar-refractivity contribution is 7.91. The van der Waals surface area contributed by atoms with Crippen LogP contribution >= 0.6 is 0 Å². The van der Waals surface area contributed by atoms with E-state index in [4.69, 9.17) is 5.73 Å². The molecule has 92 valence electrons. The molecule has 8 heteroatoms. The van der Waals surface area contributed by atoms with Gasteiger partial charge in [0, 0.05) is 18.4 Å². The second-order valence-electron chi connectivity index (χ2n) is 3.86. The van der Waals surface area contributed by atoms with Gasteiger partial charge in [0.1, 0.15) is 0 Å². The number of nitrogens with one attached hydrogen (secondary N) is 1. The monoisotopic (exact) mass is 256 g/mol. The average molecular weight is 256 g/mol. The summed E-state index contributed by atoms with van der Waals surface area (Å²) in [5, 5.41) is 2.59. The fraction of sp³-hybridized carbons (Fsp3) is 0.444. The van der Waals surface area contributed by atoms with Crippen LogP contribution in [0.25, 0.3) is 0 Å². The Morgan fingerprint density at radius 1 is 1.41 bits per heavy atom. The van der Waals surface area contributed by atoms with Crippen LogP contribution in [0.15, 0.2) is 12.4 Å². The normalized spacial score (nSPS) is 22.2. The highest BCUT2D eigenvalue weighted by Crippen LogP contribution is 2.12. The minimum Gasteiger partial charge on any atom is -0.382 e. The summed E-state index contributed by atoms with van der Waals surface area (Å²) in [5.74, 6) is -0.379. The maximum atomic E-state index is 11.7. The minimum absolute atomic E-state index is 0.0248. The molecule has 1 saturated heterocycles. The number of rotatable bonds is 2. The maximum Gasteiger partial charge on any atom is 0.273 e. The Morgan fingerprint density at radius 3 is 2.71 bits per heavy atom. The SMILES string of the molecule is Nc1nccnc1C(=O)N[C@@H]1CCS(=O)(=O)C1. The molecule has 1 aliphatic rings. The van der Waals surface area contributed by atoms with Crippen LogP contribution in [-0.2, 0) is 9.84 Å². The molecule has 1 aliphatic heterocycles. The lowest BCUT2D eigenvalue weighted by atomic mass is 10.2. The van der Waals surface area contributed by atoms with Gasteiger partial charge in [-0.15, -0.1) is 0 Å². The topological polar surface area (TPSA) is 115 Å². The number of hydrogen-bond donors (Lipinski definition) is 2. The van der Waals surface area contributed by atoms with Crippen LogP contribution in [0.1, 0.15) is 16.9 Å². The lowest BCUT2D eigenvalue weighted by Gasteiger charge is -2.10. The van der Waals surface area contributed by atoms with Gasteiger partial charge < -0.3 is 11.1 Å². The van der Waals surface area contributed by atoms with Gasteiger partial charge in [0.2, 0.25) is 0 Å². The minimum atomic E-state index is -3.02. The van der Waals surface area contributed by atoms with Crippen LogP contribution in [-0.4, -0.2) is 41.8 Å². The third-order valence-electron chi connectivity index (χ3n) is 2.51. The van der Waals surface area contributed by atoms with Crippen molar-refractivity contribution in [2.45, 2.75) is 12.5 Å². The first kappa shape index (κ1) is 11.8. The first-order valence-corrected chi connectivity index (χ1v) is 6.88. The highest BCUT2D eigenvalue weighted by atomic mass is 32.2. The van der Waals surface area contributed by atoms with Crippen molar-refractivity contribution in [3.05, 3.63) is 18.1 Å². The largest absolute Gasteiger partial charge is 0.382 e. The van der Waals surface area contributed by atoms with Crippen molar-refractivity contribution in [2.75, 3.05) is 17.2 Å². The lowest BCUT2D eigenvalue weighted by Crippen LogP contribution is -2.36. The van der Waals surface area contributed by atoms with Crippen LogP contribution in [0.5, 0.6) is 0 Å². The van der Waals surface area contributed by atoms with Gasteiger partial charge in [-0.3, -0.25) is 4.79 Å². The zero-order chi connectivity index (χ0) is 12.5. The van der Waals surface area contributed by atoms with Gasteiger partial charge in [-0.05, 0) is 6.42 Å². The van der Waals surface area contributed by atoms with Gasteiger partial charge in [0.05, 0.1) is 11.5 Å². The summed E-state index contributed by atoms with van der Waals surface area (Å²) in [4.78, 5) is 19.3. The van der Waals surface area contributed by atoms with Gasteiger partial charge in [-0.25, -0.2) is 18.4 Å². The molecule has 1 amide bonds. The van der Waals surface area contributed by atoms with Crippen LogP contribution in [0.4, 0.5) is 5.82 Å². The fourth-order valence-corrected chi connectivity index (χ4v) is 3.36. The second-order valence-corrected chi connectivity index (χ2v) is 6.09. The summed E-state index contributed by atoms with van der Waals surface area (Å²) in [5.41, 5.74) is 5.52. The number of aromatic nitrogens is 2. The van der Waals surface area contributed by atoms with E-state index in [1.54, 1.807) is 0 Å². The summed E-state index contributed by atoms with van der Waals surface area (Å²) in [7, 11) is -3.02. The van der Waals surface area contributed by atoms with E-state index in [0.29, 0.717) is 6.42 Å². The van der Waals surface area contributed by atoms with Crippen molar-refractivity contribution in [3.63, 3.8) is 0 Å². The molecule has 0 saturated carbocycles. The van der Waals surface area contributed by atoms with E-state index in [9.17, 15) is 13.2 Å². The summed E-state index contributed by atoms with van der Waals surface area (Å²) in [6, 6.07) is -0.367. The summed E-state index contributed by atoms with van der Waals surface area (Å²) in [6.45, 7) is 0. The van der Waals surface area contributed by atoms with Crippen LogP contribution in [0, 0.1) is 0 Å². The number of carbonyl (C=O) groups excluding carboxylic acids is 1. The standard InChI is InChI=1S/C9H12N4O3S/c10-8-7(11-2-3-12-8)9(14)13-6-1-4-17(15,16)5-6/h2-3,6H,1,4-5H2,(H2,10,12)(H,13,14)/t6-/m1/s1. The van der Waals surface area contributed by atoms with Crippen molar-refractivity contribution < 1.29 is 13.2 Å². The van der Waals surface area contributed by atoms with Crippen molar-refractivity contribution >= 4 is 21.6 Å². The van der Waals surface area contributed by atoms with Gasteiger partial charge in [0.15, 0.2) is 21.3 Å². The molecule has 2 heterocycles. The van der Waals surface area contributed by atoms with Crippen LogP contribution in [0.2, 0.25) is 0 Å². The van der Waals surface area contributed by atoms with Crippen LogP contribution in [0.3, 0.4) is 0 Å². The fourth-order valence-electron chi connectivity index (χ4n) is 1.69. The molecule has 0 radical (unpaired) electrons. The summed E-state index contributed by atoms with van der Waals surface area (Å²) in [6.07, 6.45) is 3.16. The number of carbonyl (C=O) groups is 1. The molecule has 0 bridgehead atoms. The Morgan fingerprint density at radius 2 is 2.12 bits per heavy atom. The molecule has 1 aromatic rings. The summed E-state index contributed by atoms with van der Waals surface area (Å²) >= 11 is 0. The second kappa shape index (κ2) is 4.28. The number of nitrogens with zero attached hydrogens (tertiary/aromatic N) is 2. The van der Waals surface area contributed by atoms with Crippen molar-refractivity contribution in [1.82, 2.24) is 15.3 Å². The summed E-state index contributed by atoms with van der Waals surface area (Å²) < 4.78 is 22.4. The Balaban J connectivity index is 2.06. The molecule has 3 N–H and O–H groups in total. The predicted molar refractivity (Wildman–Crippen MR) is 61.0 cm³/mol. The van der Waals surface area contributed by atoms with Gasteiger partial charge >= 0.3 is 0 Å². The van der Waals surface area contributed by atoms with E-state index in [1.165, 1.54) is 12.4 Å². The quantitative estimate of drug-likeness (QED) is 0.699. The maximum absolute atomic E-state index is 11.7. The number of anilines is 1. The average Bonchev–Trinajstić information content (AvgIpc) is 2.58. The molecule has 1 fully saturated rings. The predicted octanol–water partition coefficient (Wildman–Crippen LogP) is -1.02. The van der Waals surface area contributed by atoms with E-state index in [-0.39, 0.29) is 29.1 Å². The highest BCUT2D eigenvalue weighted by Gasteiger charge is 2.29. The molecule has 0 spiro atoms. The van der Waals surface area contributed by atoms with E-state index in [1.807, 2.05) is 0 Å². The van der Waals surface area contributed by atoms with E-state index >= 15 is 0 Å². The lowest BCUT2D eigenvalue weighted by molar-refractivity contribution is 0.0937. The molecule has 17 heavy (non-hydrogen) atoms. The van der Waals surface area contributed by atoms with Crippen molar-refractivity contribution in [1.29, 1.82) is 0 Å². The van der Waals surface area contributed by atoms with Gasteiger partial charge in [-0.1, -0.05) is 0 Å². The molecular weight excluding hydrogens is 244 g/mol. The smallest absolute Gasteiger partial charge is 0.273 e. The number of sulfone groups is 1. The van der Waals surface area contributed by atoms with E-state index < -0.39 is 15.7 Å². The van der Waals surface area contributed by atoms with Gasteiger partial charge in [-0.2, -0.15) is 0 Å². The molecule has 2 rings (SSSR count). The number of amides is 1. The van der Waals surface area contributed by atoms with E-state index in [2.05, 4.69) is 15.3 Å². The molecule has 0 aliphatic carbocycles. The van der Waals surface area contributed by atoms with Crippen molar-refractivity contribution in [2.24, 2.45) is 0 Å². The molecular formula is C9H12N4O3S. The number of nitrogens with two attached hydrogens (primary N) is 1. The molecule has 0 unspecified atom stereocenters. The van der Waals surface area contributed by atoms with Gasteiger partial charge in [0.25, 0.3) is 5.91 Å². The third kappa shape index (κ3) is 2.70. The molecule has 1 atom stereocenters. The van der Waals surface area contributed by atoms with Crippen LogP contribution < -0.4 is 11.1 Å². The first-order chi connectivity index (χ1) is 7.98. The Labute approximate surface area is 98.4 Å². The molecule has 7 nitrogen and oxygen atoms in total. The zero-order valence-corrected chi connectivity index (χ0v) is 9.77. The zero-order valence-electron chi connectivity index (χ0n) is 8.96. The Bertz CT molecular complexity index is 543. The number of nitrogen functional groups attached to an aromatic ring is 1. The Kier molecular flexibility index (Phi) is 2.97. The first-order valence-electron chi connectivity index (χ1n) is 5.06. The number of hydrogen-bond acceptors (Lipinski definition) is 6. The Hall–Kier alpha value is -1.70. The molecule has 1 aromatic heterocycles.